The number of rotatable bonds is 22. The van der Waals surface area contributed by atoms with Gasteiger partial charge >= 0.3 is 11.9 Å². The predicted molar refractivity (Wildman–Crippen MR) is 219 cm³/mol. The molecule has 13 nitrogen and oxygen atoms in total. The molecule has 2 saturated heterocycles. The van der Waals surface area contributed by atoms with Crippen molar-refractivity contribution in [3.63, 3.8) is 0 Å². The summed E-state index contributed by atoms with van der Waals surface area (Å²) in [6.45, 7) is 11.5. The zero-order valence-electron chi connectivity index (χ0n) is 34.0. The number of nitrogens with zero attached hydrogens (tertiary/aromatic N) is 1. The zero-order chi connectivity index (χ0) is 41.8. The van der Waals surface area contributed by atoms with Crippen molar-refractivity contribution in [2.75, 3.05) is 39.6 Å². The van der Waals surface area contributed by atoms with Gasteiger partial charge in [0.15, 0.2) is 0 Å². The first-order valence-electron chi connectivity index (χ1n) is 20.0. The molecule has 5 aromatic rings. The number of carbonyl (C=O) groups is 2. The summed E-state index contributed by atoms with van der Waals surface area (Å²) in [5, 5.41) is 0. The van der Waals surface area contributed by atoms with Crippen LogP contribution in [0, 0.1) is 0 Å². The summed E-state index contributed by atoms with van der Waals surface area (Å²) in [7, 11) is 0. The molecule has 2 fully saturated rings. The fraction of sp³-hybridized carbons (Fsp3) is 0.340. The van der Waals surface area contributed by atoms with E-state index in [0.717, 1.165) is 24.3 Å². The van der Waals surface area contributed by atoms with E-state index in [1.54, 1.807) is 91.0 Å². The smallest absolute Gasteiger partial charge is 0.343 e. The first-order chi connectivity index (χ1) is 29.1. The maximum absolute atomic E-state index is 12.9. The van der Waals surface area contributed by atoms with Crippen LogP contribution in [0.4, 0.5) is 0 Å². The third-order valence-corrected chi connectivity index (χ3v) is 9.54. The Balaban J connectivity index is 0.835. The summed E-state index contributed by atoms with van der Waals surface area (Å²) in [6, 6.07) is 32.6. The van der Waals surface area contributed by atoms with Crippen molar-refractivity contribution < 1.29 is 57.0 Å². The Kier molecular flexibility index (Phi) is 14.5. The van der Waals surface area contributed by atoms with Crippen LogP contribution in [-0.2, 0) is 28.4 Å². The van der Waals surface area contributed by atoms with Gasteiger partial charge in [0, 0.05) is 12.1 Å². The normalized spacial score (nSPS) is 17.5. The number of aromatic nitrogens is 1. The van der Waals surface area contributed by atoms with Crippen molar-refractivity contribution in [1.29, 1.82) is 0 Å². The van der Waals surface area contributed by atoms with E-state index in [2.05, 4.69) is 4.98 Å². The Labute approximate surface area is 349 Å². The molecule has 6 unspecified atom stereocenters. The minimum Gasteiger partial charge on any atom is -0.439 e. The van der Waals surface area contributed by atoms with Gasteiger partial charge in [-0.05, 0) is 112 Å². The summed E-state index contributed by atoms with van der Waals surface area (Å²) in [6.07, 6.45) is 0.0483. The Morgan fingerprint density at radius 1 is 0.533 bits per heavy atom. The van der Waals surface area contributed by atoms with E-state index in [-0.39, 0.29) is 48.4 Å². The van der Waals surface area contributed by atoms with E-state index in [1.165, 1.54) is 0 Å². The lowest BCUT2D eigenvalue weighted by atomic mass is 10.1. The second kappa shape index (κ2) is 20.5. The average Bonchev–Trinajstić information content (AvgIpc) is 4.21. The second-order valence-electron chi connectivity index (χ2n) is 14.6. The van der Waals surface area contributed by atoms with Gasteiger partial charge in [-0.25, -0.2) is 9.59 Å². The van der Waals surface area contributed by atoms with Crippen LogP contribution in [0.15, 0.2) is 115 Å². The molecule has 0 bridgehead atoms. The fourth-order valence-corrected chi connectivity index (χ4v) is 5.73. The highest BCUT2D eigenvalue weighted by Gasteiger charge is 2.24. The van der Waals surface area contributed by atoms with Crippen molar-refractivity contribution in [1.82, 2.24) is 4.98 Å². The Morgan fingerprint density at radius 2 is 0.900 bits per heavy atom. The lowest BCUT2D eigenvalue weighted by molar-refractivity contribution is -0.0357. The van der Waals surface area contributed by atoms with Gasteiger partial charge in [0.25, 0.3) is 0 Å². The molecule has 0 spiro atoms. The number of hydrogen-bond donors (Lipinski definition) is 0. The van der Waals surface area contributed by atoms with Gasteiger partial charge in [0.2, 0.25) is 11.8 Å². The fourth-order valence-electron chi connectivity index (χ4n) is 5.73. The number of ether oxygens (including phenoxy) is 10. The maximum Gasteiger partial charge on any atom is 0.343 e. The van der Waals surface area contributed by atoms with Crippen molar-refractivity contribution in [2.45, 2.75) is 64.3 Å². The summed E-state index contributed by atoms with van der Waals surface area (Å²) < 4.78 is 56.7. The maximum atomic E-state index is 12.9. The van der Waals surface area contributed by atoms with Gasteiger partial charge < -0.3 is 47.4 Å². The Morgan fingerprint density at radius 3 is 1.27 bits per heavy atom. The SMILES string of the molecule is CC(COC(C)c1ccc(OC(=O)c2ccc(Oc3cccc(Oc4ccc(C(=O)Oc5ccc(C(C)OCC(C)OCC6CO6)cc5)cc4)n3)cc2)cc1)OCC1CO1. The molecule has 0 radical (unpaired) electrons. The van der Waals surface area contributed by atoms with E-state index in [1.807, 2.05) is 52.0 Å². The molecule has 0 amide bonds. The number of esters is 2. The van der Waals surface area contributed by atoms with Gasteiger partial charge in [-0.3, -0.25) is 0 Å². The minimum absolute atomic E-state index is 0.0393. The Bertz CT molecular complexity index is 1990. The summed E-state index contributed by atoms with van der Waals surface area (Å²) in [5.41, 5.74) is 2.62. The van der Waals surface area contributed by atoms with Gasteiger partial charge in [-0.15, -0.1) is 0 Å². The molecule has 1 aromatic heterocycles. The lowest BCUT2D eigenvalue weighted by Crippen LogP contribution is -2.19. The van der Waals surface area contributed by atoms with Crippen molar-refractivity contribution in [3.05, 3.63) is 138 Å². The van der Waals surface area contributed by atoms with Gasteiger partial charge in [0.05, 0.1) is 75.2 Å². The molecular formula is C47H49NO12. The number of pyridine rings is 1. The van der Waals surface area contributed by atoms with Gasteiger partial charge in [0.1, 0.15) is 35.2 Å². The van der Waals surface area contributed by atoms with Crippen molar-refractivity contribution >= 4 is 11.9 Å². The molecule has 2 aliphatic heterocycles. The number of carbonyl (C=O) groups excluding carboxylic acids is 2. The molecule has 7 rings (SSSR count). The van der Waals surface area contributed by atoms with E-state index < -0.39 is 11.9 Å². The number of benzene rings is 4. The highest BCUT2D eigenvalue weighted by molar-refractivity contribution is 5.91. The van der Waals surface area contributed by atoms with Crippen molar-refractivity contribution in [3.8, 4) is 34.8 Å². The van der Waals surface area contributed by atoms with Crippen LogP contribution < -0.4 is 18.9 Å². The average molecular weight is 820 g/mol. The first-order valence-corrected chi connectivity index (χ1v) is 20.0. The summed E-state index contributed by atoms with van der Waals surface area (Å²) in [4.78, 5) is 30.2. The van der Waals surface area contributed by atoms with Crippen LogP contribution in [0.25, 0.3) is 0 Å². The number of hydrogen-bond acceptors (Lipinski definition) is 13. The van der Waals surface area contributed by atoms with Crippen LogP contribution in [-0.4, -0.2) is 81.0 Å². The minimum atomic E-state index is -0.505. The van der Waals surface area contributed by atoms with Crippen LogP contribution in [0.5, 0.6) is 34.8 Å². The van der Waals surface area contributed by atoms with Crippen LogP contribution >= 0.6 is 0 Å². The van der Waals surface area contributed by atoms with Crippen molar-refractivity contribution in [2.24, 2.45) is 0 Å². The standard InChI is InChI=1S/C47H49NO12/c1-30(51-26-42-28-55-42)24-53-32(3)34-8-16-40(17-9-34)59-46(49)36-12-20-38(21-13-36)57-44-6-5-7-45(48-44)58-39-22-14-37(15-23-39)47(50)60-41-18-10-35(11-19-41)33(4)54-25-31(2)52-27-43-29-56-43/h5-23,30-33,42-43H,24-29H2,1-4H3. The summed E-state index contributed by atoms with van der Waals surface area (Å²) in [5.74, 6) is 1.32. The van der Waals surface area contributed by atoms with Crippen LogP contribution in [0.2, 0.25) is 0 Å². The van der Waals surface area contributed by atoms with Crippen LogP contribution in [0.3, 0.4) is 0 Å². The first kappa shape index (κ1) is 42.5. The highest BCUT2D eigenvalue weighted by Crippen LogP contribution is 2.28. The third-order valence-electron chi connectivity index (χ3n) is 9.54. The molecule has 0 saturated carbocycles. The predicted octanol–water partition coefficient (Wildman–Crippen LogP) is 8.87. The van der Waals surface area contributed by atoms with Gasteiger partial charge in [-0.1, -0.05) is 30.3 Å². The molecule has 2 aliphatic rings. The molecule has 314 valence electrons. The highest BCUT2D eigenvalue weighted by atomic mass is 16.6. The van der Waals surface area contributed by atoms with E-state index in [0.29, 0.717) is 60.6 Å². The molecule has 3 heterocycles. The molecule has 0 aliphatic carbocycles. The second-order valence-corrected chi connectivity index (χ2v) is 14.6. The zero-order valence-corrected chi connectivity index (χ0v) is 34.0. The molecular weight excluding hydrogens is 771 g/mol. The Hall–Kier alpha value is -5.67. The van der Waals surface area contributed by atoms with E-state index in [4.69, 9.17) is 47.4 Å². The lowest BCUT2D eigenvalue weighted by Gasteiger charge is -2.18. The molecule has 0 N–H and O–H groups in total. The molecule has 6 atom stereocenters. The number of epoxide rings is 2. The monoisotopic (exact) mass is 819 g/mol. The van der Waals surface area contributed by atoms with Gasteiger partial charge in [-0.2, -0.15) is 4.98 Å². The quantitative estimate of drug-likeness (QED) is 0.0373. The molecule has 13 heteroatoms. The van der Waals surface area contributed by atoms with E-state index in [9.17, 15) is 9.59 Å². The van der Waals surface area contributed by atoms with Crippen LogP contribution in [0.1, 0.15) is 71.7 Å². The third kappa shape index (κ3) is 13.2. The topological polar surface area (TPSA) is 146 Å². The van der Waals surface area contributed by atoms with E-state index >= 15 is 0 Å². The summed E-state index contributed by atoms with van der Waals surface area (Å²) >= 11 is 0. The molecule has 4 aromatic carbocycles. The molecule has 60 heavy (non-hydrogen) atoms. The largest absolute Gasteiger partial charge is 0.439 e.